The molecule has 2 aromatic carbocycles. The normalized spacial score (nSPS) is 11.7. The van der Waals surface area contributed by atoms with Crippen molar-refractivity contribution in [3.63, 3.8) is 0 Å². The molecule has 178 valence electrons. The predicted octanol–water partition coefficient (Wildman–Crippen LogP) is 5.37. The molecule has 0 radical (unpaired) electrons. The van der Waals surface area contributed by atoms with Crippen molar-refractivity contribution in [3.8, 4) is 0 Å². The molecule has 0 aliphatic rings. The fraction of sp³-hybridized carbons (Fsp3) is 0.280. The SMILES string of the molecule is C=CCn1c(SCC(=O)Nc2ccc(Br)c(C)c2C)nnc1[C@@H](C)NC(=O)c1cccc(C)c1. The maximum absolute atomic E-state index is 12.7. The molecule has 0 saturated carbocycles. The summed E-state index contributed by atoms with van der Waals surface area (Å²) < 4.78 is 2.87. The topological polar surface area (TPSA) is 88.9 Å². The lowest BCUT2D eigenvalue weighted by molar-refractivity contribution is -0.113. The number of amides is 2. The van der Waals surface area contributed by atoms with Crippen molar-refractivity contribution in [2.45, 2.75) is 45.4 Å². The van der Waals surface area contributed by atoms with Gasteiger partial charge in [-0.15, -0.1) is 16.8 Å². The van der Waals surface area contributed by atoms with Crippen molar-refractivity contribution in [1.29, 1.82) is 0 Å². The van der Waals surface area contributed by atoms with Crippen LogP contribution in [-0.4, -0.2) is 32.3 Å². The van der Waals surface area contributed by atoms with Gasteiger partial charge in [-0.25, -0.2) is 0 Å². The second-order valence-electron chi connectivity index (χ2n) is 7.99. The van der Waals surface area contributed by atoms with Crippen LogP contribution in [0, 0.1) is 20.8 Å². The summed E-state index contributed by atoms with van der Waals surface area (Å²) in [4.78, 5) is 25.3. The van der Waals surface area contributed by atoms with E-state index in [9.17, 15) is 9.59 Å². The number of anilines is 1. The van der Waals surface area contributed by atoms with Gasteiger partial charge in [-0.05, 0) is 63.1 Å². The van der Waals surface area contributed by atoms with Crippen molar-refractivity contribution >= 4 is 45.2 Å². The largest absolute Gasteiger partial charge is 0.342 e. The minimum Gasteiger partial charge on any atom is -0.342 e. The molecule has 0 saturated heterocycles. The van der Waals surface area contributed by atoms with E-state index in [-0.39, 0.29) is 23.6 Å². The first kappa shape index (κ1) is 25.7. The number of nitrogens with one attached hydrogen (secondary N) is 2. The lowest BCUT2D eigenvalue weighted by Gasteiger charge is -2.15. The average Bonchev–Trinajstić information content (AvgIpc) is 3.21. The van der Waals surface area contributed by atoms with Gasteiger partial charge in [-0.3, -0.25) is 9.59 Å². The molecule has 9 heteroatoms. The Bertz CT molecular complexity index is 1220. The number of aryl methyl sites for hydroxylation is 1. The molecule has 0 fully saturated rings. The van der Waals surface area contributed by atoms with Gasteiger partial charge in [0.15, 0.2) is 11.0 Å². The van der Waals surface area contributed by atoms with Crippen LogP contribution < -0.4 is 10.6 Å². The molecule has 1 aromatic heterocycles. The second kappa shape index (κ2) is 11.5. The Kier molecular flexibility index (Phi) is 8.68. The number of aromatic nitrogens is 3. The van der Waals surface area contributed by atoms with Crippen molar-refractivity contribution in [1.82, 2.24) is 20.1 Å². The molecular formula is C25H28BrN5O2S. The van der Waals surface area contributed by atoms with Gasteiger partial charge < -0.3 is 15.2 Å². The molecule has 1 atom stereocenters. The fourth-order valence-corrected chi connectivity index (χ4v) is 4.58. The molecule has 2 amide bonds. The van der Waals surface area contributed by atoms with E-state index in [2.05, 4.69) is 43.3 Å². The van der Waals surface area contributed by atoms with Crippen LogP contribution in [0.2, 0.25) is 0 Å². The Morgan fingerprint density at radius 3 is 2.65 bits per heavy atom. The molecule has 7 nitrogen and oxygen atoms in total. The van der Waals surface area contributed by atoms with Gasteiger partial charge in [0.05, 0.1) is 11.8 Å². The number of benzene rings is 2. The molecule has 3 rings (SSSR count). The summed E-state index contributed by atoms with van der Waals surface area (Å²) in [5.74, 6) is 0.458. The number of carbonyl (C=O) groups is 2. The number of allylic oxidation sites excluding steroid dienone is 1. The number of hydrogen-bond acceptors (Lipinski definition) is 5. The Balaban J connectivity index is 1.68. The van der Waals surface area contributed by atoms with Gasteiger partial charge in [0.1, 0.15) is 0 Å². The summed E-state index contributed by atoms with van der Waals surface area (Å²) >= 11 is 4.80. The summed E-state index contributed by atoms with van der Waals surface area (Å²) in [6, 6.07) is 10.8. The van der Waals surface area contributed by atoms with E-state index < -0.39 is 0 Å². The van der Waals surface area contributed by atoms with Gasteiger partial charge >= 0.3 is 0 Å². The van der Waals surface area contributed by atoms with Crippen molar-refractivity contribution in [2.75, 3.05) is 11.1 Å². The highest BCUT2D eigenvalue weighted by Gasteiger charge is 2.20. The minimum atomic E-state index is -0.378. The number of thioether (sulfide) groups is 1. The quantitative estimate of drug-likeness (QED) is 0.280. The van der Waals surface area contributed by atoms with Gasteiger partial charge in [-0.1, -0.05) is 51.5 Å². The molecule has 0 bridgehead atoms. The van der Waals surface area contributed by atoms with E-state index in [0.717, 1.165) is 26.9 Å². The zero-order chi connectivity index (χ0) is 24.8. The number of carbonyl (C=O) groups excluding carboxylic acids is 2. The average molecular weight is 543 g/mol. The third-order valence-corrected chi connectivity index (χ3v) is 7.23. The second-order valence-corrected chi connectivity index (χ2v) is 9.78. The van der Waals surface area contributed by atoms with Crippen LogP contribution in [0.4, 0.5) is 5.69 Å². The van der Waals surface area contributed by atoms with Crippen LogP contribution in [0.25, 0.3) is 0 Å². The number of nitrogens with zero attached hydrogens (tertiary/aromatic N) is 3. The maximum atomic E-state index is 12.7. The molecule has 2 N–H and O–H groups in total. The molecule has 34 heavy (non-hydrogen) atoms. The molecule has 0 spiro atoms. The van der Waals surface area contributed by atoms with Crippen LogP contribution in [0.3, 0.4) is 0 Å². The number of halogens is 1. The first-order chi connectivity index (χ1) is 16.2. The van der Waals surface area contributed by atoms with Crippen molar-refractivity contribution in [3.05, 3.63) is 81.6 Å². The third-order valence-electron chi connectivity index (χ3n) is 5.40. The van der Waals surface area contributed by atoms with Crippen molar-refractivity contribution in [2.24, 2.45) is 0 Å². The fourth-order valence-electron chi connectivity index (χ4n) is 3.40. The predicted molar refractivity (Wildman–Crippen MR) is 140 cm³/mol. The van der Waals surface area contributed by atoms with Crippen LogP contribution in [0.1, 0.15) is 45.8 Å². The summed E-state index contributed by atoms with van der Waals surface area (Å²) in [5, 5.41) is 15.1. The van der Waals surface area contributed by atoms with E-state index in [0.29, 0.717) is 23.1 Å². The summed E-state index contributed by atoms with van der Waals surface area (Å²) in [5.41, 5.74) is 4.49. The number of rotatable bonds is 9. The van der Waals surface area contributed by atoms with Gasteiger partial charge in [0.2, 0.25) is 5.91 Å². The molecular weight excluding hydrogens is 514 g/mol. The lowest BCUT2D eigenvalue weighted by Crippen LogP contribution is -2.29. The summed E-state index contributed by atoms with van der Waals surface area (Å²) in [6.45, 7) is 12.1. The van der Waals surface area contributed by atoms with E-state index in [1.54, 1.807) is 12.1 Å². The Labute approximate surface area is 212 Å². The Hall–Kier alpha value is -2.91. The van der Waals surface area contributed by atoms with E-state index >= 15 is 0 Å². The van der Waals surface area contributed by atoms with Gasteiger partial charge in [0.25, 0.3) is 5.91 Å². The Morgan fingerprint density at radius 1 is 1.18 bits per heavy atom. The van der Waals surface area contributed by atoms with E-state index in [4.69, 9.17) is 0 Å². The smallest absolute Gasteiger partial charge is 0.251 e. The van der Waals surface area contributed by atoms with Gasteiger partial charge in [0, 0.05) is 22.3 Å². The highest BCUT2D eigenvalue weighted by molar-refractivity contribution is 9.10. The van der Waals surface area contributed by atoms with Crippen molar-refractivity contribution < 1.29 is 9.59 Å². The van der Waals surface area contributed by atoms with Crippen LogP contribution in [-0.2, 0) is 11.3 Å². The molecule has 3 aromatic rings. The first-order valence-corrected chi connectivity index (χ1v) is 12.6. The highest BCUT2D eigenvalue weighted by atomic mass is 79.9. The lowest BCUT2D eigenvalue weighted by atomic mass is 10.1. The standard InChI is InChI=1S/C25H28BrN5O2S/c1-6-12-31-23(18(5)27-24(33)19-9-7-8-15(2)13-19)29-30-25(31)34-14-22(32)28-21-11-10-20(26)16(3)17(21)4/h6-11,13,18H,1,12,14H2,2-5H3,(H,27,33)(H,28,32)/t18-/m1/s1. The number of hydrogen-bond donors (Lipinski definition) is 2. The molecule has 0 aliphatic carbocycles. The van der Waals surface area contributed by atoms with Crippen LogP contribution in [0.15, 0.2) is 58.7 Å². The van der Waals surface area contributed by atoms with Gasteiger partial charge in [-0.2, -0.15) is 0 Å². The zero-order valence-electron chi connectivity index (χ0n) is 19.7. The highest BCUT2D eigenvalue weighted by Crippen LogP contribution is 2.26. The minimum absolute atomic E-state index is 0.134. The monoisotopic (exact) mass is 541 g/mol. The summed E-state index contributed by atoms with van der Waals surface area (Å²) in [6.07, 6.45) is 1.74. The Morgan fingerprint density at radius 2 is 1.94 bits per heavy atom. The van der Waals surface area contributed by atoms with Crippen LogP contribution >= 0.6 is 27.7 Å². The third kappa shape index (κ3) is 6.15. The first-order valence-electron chi connectivity index (χ1n) is 10.8. The van der Waals surface area contributed by atoms with E-state index in [1.807, 2.05) is 62.6 Å². The summed E-state index contributed by atoms with van der Waals surface area (Å²) in [7, 11) is 0. The maximum Gasteiger partial charge on any atom is 0.251 e. The molecule has 0 unspecified atom stereocenters. The van der Waals surface area contributed by atoms with Crippen LogP contribution in [0.5, 0.6) is 0 Å². The zero-order valence-corrected chi connectivity index (χ0v) is 22.1. The molecule has 1 heterocycles. The van der Waals surface area contributed by atoms with E-state index in [1.165, 1.54) is 11.8 Å². The molecule has 0 aliphatic heterocycles.